The third-order valence-electron chi connectivity index (χ3n) is 5.86. The van der Waals surface area contributed by atoms with Crippen LogP contribution in [0.15, 0.2) is 11.6 Å². The summed E-state index contributed by atoms with van der Waals surface area (Å²) in [6.45, 7) is 4.69. The molecule has 0 aromatic heterocycles. The van der Waals surface area contributed by atoms with E-state index in [1.807, 2.05) is 0 Å². The lowest BCUT2D eigenvalue weighted by molar-refractivity contribution is 0.0524. The fourth-order valence-corrected chi connectivity index (χ4v) is 4.63. The number of fused-ring (bicyclic) bond motifs is 2. The van der Waals surface area contributed by atoms with Crippen LogP contribution in [0.3, 0.4) is 0 Å². The number of allylic oxidation sites excluding steroid dienone is 2. The highest BCUT2D eigenvalue weighted by Gasteiger charge is 2.41. The first kappa shape index (κ1) is 11.8. The number of aliphatic hydroxyl groups is 1. The van der Waals surface area contributed by atoms with E-state index in [1.54, 1.807) is 5.57 Å². The van der Waals surface area contributed by atoms with Gasteiger partial charge >= 0.3 is 0 Å². The summed E-state index contributed by atoms with van der Waals surface area (Å²) in [6.07, 6.45) is 10.3. The zero-order valence-corrected chi connectivity index (χ0v) is 11.2. The van der Waals surface area contributed by atoms with Crippen molar-refractivity contribution >= 4 is 0 Å². The van der Waals surface area contributed by atoms with Crippen molar-refractivity contribution in [2.45, 2.75) is 58.5 Å². The highest BCUT2D eigenvalue weighted by molar-refractivity contribution is 5.17. The maximum atomic E-state index is 10.4. The first-order chi connectivity index (χ1) is 8.16. The van der Waals surface area contributed by atoms with Crippen LogP contribution in [0.5, 0.6) is 0 Å². The lowest BCUT2D eigenvalue weighted by atomic mass is 9.73. The molecule has 0 aromatic rings. The van der Waals surface area contributed by atoms with Crippen molar-refractivity contribution in [3.8, 4) is 0 Å². The summed E-state index contributed by atoms with van der Waals surface area (Å²) in [5, 5.41) is 10.4. The van der Waals surface area contributed by atoms with E-state index in [-0.39, 0.29) is 6.10 Å². The Kier molecular flexibility index (Phi) is 3.06. The van der Waals surface area contributed by atoms with Gasteiger partial charge in [0.25, 0.3) is 0 Å². The predicted molar refractivity (Wildman–Crippen MR) is 70.6 cm³/mol. The topological polar surface area (TPSA) is 20.2 Å². The Morgan fingerprint density at radius 1 is 1.18 bits per heavy atom. The van der Waals surface area contributed by atoms with E-state index in [4.69, 9.17) is 0 Å². The van der Waals surface area contributed by atoms with Gasteiger partial charge in [0, 0.05) is 0 Å². The van der Waals surface area contributed by atoms with Gasteiger partial charge in [-0.2, -0.15) is 0 Å². The van der Waals surface area contributed by atoms with Crippen LogP contribution in [0.2, 0.25) is 0 Å². The number of rotatable bonds is 0. The average Bonchev–Trinajstić information content (AvgIpc) is 2.86. The first-order valence-corrected chi connectivity index (χ1v) is 7.55. The van der Waals surface area contributed by atoms with Crippen molar-refractivity contribution < 1.29 is 5.11 Å². The molecule has 0 amide bonds. The minimum absolute atomic E-state index is 0.0559. The number of aliphatic hydroxyl groups excluding tert-OH is 1. The molecule has 0 aromatic carbocycles. The molecule has 3 aliphatic carbocycles. The lowest BCUT2D eigenvalue weighted by Gasteiger charge is -2.34. The van der Waals surface area contributed by atoms with E-state index in [0.717, 1.165) is 24.2 Å². The van der Waals surface area contributed by atoms with Gasteiger partial charge in [0.1, 0.15) is 0 Å². The summed E-state index contributed by atoms with van der Waals surface area (Å²) < 4.78 is 0. The Hall–Kier alpha value is -0.300. The molecule has 0 heterocycles. The van der Waals surface area contributed by atoms with Gasteiger partial charge in [-0.1, -0.05) is 25.5 Å². The molecule has 1 heteroatoms. The largest absolute Gasteiger partial charge is 0.393 e. The van der Waals surface area contributed by atoms with Gasteiger partial charge in [-0.3, -0.25) is 0 Å². The van der Waals surface area contributed by atoms with Crippen molar-refractivity contribution in [3.63, 3.8) is 0 Å². The molecule has 0 unspecified atom stereocenters. The van der Waals surface area contributed by atoms with E-state index in [0.29, 0.717) is 11.8 Å². The smallest absolute Gasteiger partial charge is 0.0574 e. The van der Waals surface area contributed by atoms with Gasteiger partial charge < -0.3 is 5.11 Å². The third-order valence-corrected chi connectivity index (χ3v) is 5.86. The van der Waals surface area contributed by atoms with E-state index < -0.39 is 0 Å². The fraction of sp³-hybridized carbons (Fsp3) is 0.875. The van der Waals surface area contributed by atoms with Gasteiger partial charge in [0.15, 0.2) is 0 Å². The Labute approximate surface area is 105 Å². The first-order valence-electron chi connectivity index (χ1n) is 7.55. The Morgan fingerprint density at radius 3 is 2.82 bits per heavy atom. The minimum Gasteiger partial charge on any atom is -0.393 e. The molecule has 0 aliphatic heterocycles. The minimum atomic E-state index is -0.0559. The van der Waals surface area contributed by atoms with E-state index in [9.17, 15) is 5.11 Å². The van der Waals surface area contributed by atoms with Crippen LogP contribution in [0.4, 0.5) is 0 Å². The van der Waals surface area contributed by atoms with E-state index >= 15 is 0 Å². The summed E-state index contributed by atoms with van der Waals surface area (Å²) in [4.78, 5) is 0. The molecule has 0 radical (unpaired) electrons. The van der Waals surface area contributed by atoms with Gasteiger partial charge in [-0.05, 0) is 68.1 Å². The molecular weight excluding hydrogens is 208 g/mol. The lowest BCUT2D eigenvalue weighted by Crippen LogP contribution is -2.32. The molecule has 96 valence electrons. The van der Waals surface area contributed by atoms with Crippen molar-refractivity contribution in [3.05, 3.63) is 11.6 Å². The summed E-state index contributed by atoms with van der Waals surface area (Å²) in [6, 6.07) is 0. The summed E-state index contributed by atoms with van der Waals surface area (Å²) >= 11 is 0. The number of hydrogen-bond acceptors (Lipinski definition) is 1. The standard InChI is InChI=1S/C16H26O/c1-10-6-7-14-11(2)16(17)9-13-5-3-4-12(13)8-15(10)14/h8,10-11,13-17H,3-7,9H2,1-2H3/b12-8-/t10-,11-,13-,14+,15+,16+/m1/s1. The van der Waals surface area contributed by atoms with Gasteiger partial charge in [-0.25, -0.2) is 0 Å². The van der Waals surface area contributed by atoms with Gasteiger partial charge in [0.2, 0.25) is 0 Å². The van der Waals surface area contributed by atoms with Crippen LogP contribution >= 0.6 is 0 Å². The van der Waals surface area contributed by atoms with Crippen LogP contribution in [0, 0.1) is 29.6 Å². The maximum absolute atomic E-state index is 10.4. The summed E-state index contributed by atoms with van der Waals surface area (Å²) in [5.74, 6) is 3.55. The quantitative estimate of drug-likeness (QED) is 0.632. The Balaban J connectivity index is 1.93. The molecule has 1 N–H and O–H groups in total. The summed E-state index contributed by atoms with van der Waals surface area (Å²) in [5.41, 5.74) is 1.69. The zero-order chi connectivity index (χ0) is 12.0. The second-order valence-corrected chi connectivity index (χ2v) is 6.79. The fourth-order valence-electron chi connectivity index (χ4n) is 4.63. The normalized spacial score (nSPS) is 53.2. The molecule has 0 saturated heterocycles. The third kappa shape index (κ3) is 1.97. The molecule has 2 fully saturated rings. The molecule has 17 heavy (non-hydrogen) atoms. The monoisotopic (exact) mass is 234 g/mol. The molecule has 3 aliphatic rings. The van der Waals surface area contributed by atoms with Crippen LogP contribution in [0.25, 0.3) is 0 Å². The maximum Gasteiger partial charge on any atom is 0.0574 e. The van der Waals surface area contributed by atoms with Gasteiger partial charge in [-0.15, -0.1) is 0 Å². The van der Waals surface area contributed by atoms with Crippen LogP contribution in [-0.4, -0.2) is 11.2 Å². The molecule has 3 rings (SSSR count). The molecule has 2 saturated carbocycles. The zero-order valence-electron chi connectivity index (χ0n) is 11.2. The highest BCUT2D eigenvalue weighted by atomic mass is 16.3. The SMILES string of the molecule is C[C@@H]1[C@@H]2CC[C@@H](C)[C@@H]2/C=C2/CCC[C@@H]2C[C@@H]1O. The second kappa shape index (κ2) is 4.42. The molecule has 1 nitrogen and oxygen atoms in total. The molecule has 6 atom stereocenters. The molecule has 0 spiro atoms. The van der Waals surface area contributed by atoms with Crippen molar-refractivity contribution in [1.82, 2.24) is 0 Å². The summed E-state index contributed by atoms with van der Waals surface area (Å²) in [7, 11) is 0. The van der Waals surface area contributed by atoms with E-state index in [1.165, 1.54) is 32.1 Å². The highest BCUT2D eigenvalue weighted by Crippen LogP contribution is 2.48. The van der Waals surface area contributed by atoms with Crippen molar-refractivity contribution in [2.24, 2.45) is 29.6 Å². The van der Waals surface area contributed by atoms with Crippen LogP contribution in [0.1, 0.15) is 52.4 Å². The van der Waals surface area contributed by atoms with Gasteiger partial charge in [0.05, 0.1) is 6.10 Å². The molecule has 0 bridgehead atoms. The Morgan fingerprint density at radius 2 is 2.00 bits per heavy atom. The Bertz CT molecular complexity index is 319. The van der Waals surface area contributed by atoms with Crippen molar-refractivity contribution in [1.29, 1.82) is 0 Å². The van der Waals surface area contributed by atoms with E-state index in [2.05, 4.69) is 19.9 Å². The second-order valence-electron chi connectivity index (χ2n) is 6.79. The predicted octanol–water partition coefficient (Wildman–Crippen LogP) is 3.78. The molecular formula is C16H26O. The average molecular weight is 234 g/mol. The van der Waals surface area contributed by atoms with Crippen LogP contribution in [-0.2, 0) is 0 Å². The number of hydrogen-bond donors (Lipinski definition) is 1. The van der Waals surface area contributed by atoms with Crippen molar-refractivity contribution in [2.75, 3.05) is 0 Å². The van der Waals surface area contributed by atoms with Crippen LogP contribution < -0.4 is 0 Å².